The molecule has 0 atom stereocenters. The van der Waals surface area contributed by atoms with E-state index in [-0.39, 0.29) is 11.3 Å². The molecule has 0 saturated heterocycles. The van der Waals surface area contributed by atoms with Gasteiger partial charge >= 0.3 is 12.1 Å². The number of hydrogen-bond donors (Lipinski definition) is 2. The second kappa shape index (κ2) is 5.05. The van der Waals surface area contributed by atoms with E-state index in [1.54, 1.807) is 0 Å². The van der Waals surface area contributed by atoms with Crippen molar-refractivity contribution >= 4 is 5.97 Å². The summed E-state index contributed by atoms with van der Waals surface area (Å²) in [6.07, 6.45) is -4.52. The van der Waals surface area contributed by atoms with E-state index in [9.17, 15) is 18.0 Å². The van der Waals surface area contributed by atoms with Crippen LogP contribution in [0, 0.1) is 0 Å². The summed E-state index contributed by atoms with van der Waals surface area (Å²) in [5, 5.41) is 17.2. The summed E-state index contributed by atoms with van der Waals surface area (Å²) in [6, 6.07) is 2.46. The number of rotatable bonds is 4. The number of aliphatic hydroxyl groups excluding tert-OH is 1. The zero-order chi connectivity index (χ0) is 13.1. The molecular weight excluding hydrogens is 241 g/mol. The molecule has 0 heterocycles. The molecule has 1 rings (SSSR count). The summed E-state index contributed by atoms with van der Waals surface area (Å²) in [5.41, 5.74) is -1.04. The number of halogens is 3. The minimum Gasteiger partial charge on any atom is -0.482 e. The van der Waals surface area contributed by atoms with E-state index in [1.807, 2.05) is 0 Å². The third kappa shape index (κ3) is 3.63. The first-order chi connectivity index (χ1) is 7.84. The molecule has 0 aliphatic carbocycles. The van der Waals surface area contributed by atoms with E-state index in [0.29, 0.717) is 0 Å². The Kier molecular flexibility index (Phi) is 3.95. The molecule has 4 nitrogen and oxygen atoms in total. The van der Waals surface area contributed by atoms with Crippen molar-refractivity contribution < 1.29 is 32.9 Å². The van der Waals surface area contributed by atoms with Gasteiger partial charge in [-0.3, -0.25) is 0 Å². The SMILES string of the molecule is O=C(O)COc1ccc(C(F)(F)F)cc1CO. The number of alkyl halides is 3. The van der Waals surface area contributed by atoms with Crippen LogP contribution in [0.15, 0.2) is 18.2 Å². The van der Waals surface area contributed by atoms with E-state index >= 15 is 0 Å². The third-order valence-corrected chi connectivity index (χ3v) is 1.91. The third-order valence-electron chi connectivity index (χ3n) is 1.91. The number of benzene rings is 1. The highest BCUT2D eigenvalue weighted by Gasteiger charge is 2.31. The lowest BCUT2D eigenvalue weighted by atomic mass is 10.1. The van der Waals surface area contributed by atoms with Crippen LogP contribution in [0.25, 0.3) is 0 Å². The van der Waals surface area contributed by atoms with E-state index in [0.717, 1.165) is 18.2 Å². The molecule has 0 unspecified atom stereocenters. The summed E-state index contributed by atoms with van der Waals surface area (Å²) in [4.78, 5) is 10.2. The van der Waals surface area contributed by atoms with Crippen molar-refractivity contribution in [2.24, 2.45) is 0 Å². The normalized spacial score (nSPS) is 11.3. The maximum Gasteiger partial charge on any atom is 0.416 e. The van der Waals surface area contributed by atoms with Crippen molar-refractivity contribution in [3.63, 3.8) is 0 Å². The van der Waals surface area contributed by atoms with Gasteiger partial charge in [0, 0.05) is 5.56 Å². The van der Waals surface area contributed by atoms with Gasteiger partial charge in [0.15, 0.2) is 6.61 Å². The van der Waals surface area contributed by atoms with Gasteiger partial charge in [-0.05, 0) is 18.2 Å². The van der Waals surface area contributed by atoms with Crippen molar-refractivity contribution in [3.8, 4) is 5.75 Å². The van der Waals surface area contributed by atoms with Gasteiger partial charge in [-0.15, -0.1) is 0 Å². The van der Waals surface area contributed by atoms with Crippen LogP contribution in [0.3, 0.4) is 0 Å². The second-order valence-corrected chi connectivity index (χ2v) is 3.16. The Balaban J connectivity index is 2.97. The van der Waals surface area contributed by atoms with Gasteiger partial charge in [0.1, 0.15) is 5.75 Å². The monoisotopic (exact) mass is 250 g/mol. The molecule has 17 heavy (non-hydrogen) atoms. The lowest BCUT2D eigenvalue weighted by Crippen LogP contribution is -2.12. The smallest absolute Gasteiger partial charge is 0.416 e. The van der Waals surface area contributed by atoms with Gasteiger partial charge in [-0.2, -0.15) is 13.2 Å². The molecule has 1 aromatic carbocycles. The molecule has 0 fully saturated rings. The lowest BCUT2D eigenvalue weighted by Gasteiger charge is -2.12. The molecule has 2 N–H and O–H groups in total. The fourth-order valence-electron chi connectivity index (χ4n) is 1.16. The Morgan fingerprint density at radius 3 is 2.47 bits per heavy atom. The van der Waals surface area contributed by atoms with Crippen LogP contribution in [0.1, 0.15) is 11.1 Å². The molecule has 0 aromatic heterocycles. The zero-order valence-electron chi connectivity index (χ0n) is 8.49. The number of aliphatic carboxylic acids is 1. The van der Waals surface area contributed by atoms with Crippen LogP contribution >= 0.6 is 0 Å². The Bertz CT molecular complexity index is 415. The molecule has 0 saturated carbocycles. The Hall–Kier alpha value is -1.76. The summed E-state index contributed by atoms with van der Waals surface area (Å²) < 4.78 is 41.7. The van der Waals surface area contributed by atoms with E-state index in [4.69, 9.17) is 14.9 Å². The summed E-state index contributed by atoms with van der Waals surface area (Å²) in [7, 11) is 0. The topological polar surface area (TPSA) is 66.8 Å². The summed E-state index contributed by atoms with van der Waals surface area (Å²) in [5.74, 6) is -1.34. The molecule has 94 valence electrons. The molecule has 0 radical (unpaired) electrons. The molecule has 0 aliphatic heterocycles. The highest BCUT2D eigenvalue weighted by atomic mass is 19.4. The zero-order valence-corrected chi connectivity index (χ0v) is 8.49. The quantitative estimate of drug-likeness (QED) is 0.852. The van der Waals surface area contributed by atoms with Gasteiger partial charge in [0.05, 0.1) is 12.2 Å². The minimum atomic E-state index is -4.52. The van der Waals surface area contributed by atoms with Crippen molar-refractivity contribution in [1.29, 1.82) is 0 Å². The van der Waals surface area contributed by atoms with Crippen molar-refractivity contribution in [2.45, 2.75) is 12.8 Å². The summed E-state index contributed by atoms with van der Waals surface area (Å²) >= 11 is 0. The molecule has 0 amide bonds. The van der Waals surface area contributed by atoms with Crippen molar-refractivity contribution in [2.75, 3.05) is 6.61 Å². The number of hydrogen-bond acceptors (Lipinski definition) is 3. The minimum absolute atomic E-state index is 0.0806. The molecular formula is C10H9F3O4. The first-order valence-corrected chi connectivity index (χ1v) is 4.50. The lowest BCUT2D eigenvalue weighted by molar-refractivity contribution is -0.140. The molecule has 1 aromatic rings. The van der Waals surface area contributed by atoms with Gasteiger partial charge in [0.2, 0.25) is 0 Å². The molecule has 0 bridgehead atoms. The van der Waals surface area contributed by atoms with Crippen LogP contribution in [0.4, 0.5) is 13.2 Å². The van der Waals surface area contributed by atoms with Crippen LogP contribution in [0.5, 0.6) is 5.75 Å². The van der Waals surface area contributed by atoms with E-state index in [1.165, 1.54) is 0 Å². The van der Waals surface area contributed by atoms with Gasteiger partial charge < -0.3 is 14.9 Å². The maximum atomic E-state index is 12.3. The molecule has 7 heteroatoms. The van der Waals surface area contributed by atoms with E-state index in [2.05, 4.69) is 0 Å². The largest absolute Gasteiger partial charge is 0.482 e. The van der Waals surface area contributed by atoms with Crippen LogP contribution in [-0.4, -0.2) is 22.8 Å². The number of ether oxygens (including phenoxy) is 1. The van der Waals surface area contributed by atoms with Gasteiger partial charge in [-0.1, -0.05) is 0 Å². The predicted molar refractivity (Wildman–Crippen MR) is 50.5 cm³/mol. The van der Waals surface area contributed by atoms with E-state index < -0.39 is 30.9 Å². The van der Waals surface area contributed by atoms with Crippen LogP contribution in [0.2, 0.25) is 0 Å². The average Bonchev–Trinajstić information content (AvgIpc) is 2.24. The van der Waals surface area contributed by atoms with Gasteiger partial charge in [-0.25, -0.2) is 4.79 Å². The molecule has 0 aliphatic rings. The fourth-order valence-corrected chi connectivity index (χ4v) is 1.16. The Labute approximate surface area is 94.3 Å². The Morgan fingerprint density at radius 2 is 2.00 bits per heavy atom. The maximum absolute atomic E-state index is 12.3. The first kappa shape index (κ1) is 13.3. The number of carboxylic acid groups (broad SMARTS) is 1. The highest BCUT2D eigenvalue weighted by Crippen LogP contribution is 2.32. The van der Waals surface area contributed by atoms with Crippen LogP contribution < -0.4 is 4.74 Å². The Morgan fingerprint density at radius 1 is 1.35 bits per heavy atom. The predicted octanol–water partition coefficient (Wildman–Crippen LogP) is 1.66. The number of aliphatic hydroxyl groups is 1. The van der Waals surface area contributed by atoms with Crippen molar-refractivity contribution in [3.05, 3.63) is 29.3 Å². The number of carboxylic acids is 1. The van der Waals surface area contributed by atoms with Gasteiger partial charge in [0.25, 0.3) is 0 Å². The summed E-state index contributed by atoms with van der Waals surface area (Å²) in [6.45, 7) is -1.35. The highest BCUT2D eigenvalue weighted by molar-refractivity contribution is 5.68. The standard InChI is InChI=1S/C10H9F3O4/c11-10(12,13)7-1-2-8(6(3-7)4-14)17-5-9(15)16/h1-3,14H,4-5H2,(H,15,16). The van der Waals surface area contributed by atoms with Crippen LogP contribution in [-0.2, 0) is 17.6 Å². The van der Waals surface area contributed by atoms with Crippen molar-refractivity contribution in [1.82, 2.24) is 0 Å². The first-order valence-electron chi connectivity index (χ1n) is 4.50. The fraction of sp³-hybridized carbons (Fsp3) is 0.300. The number of carbonyl (C=O) groups is 1. The average molecular weight is 250 g/mol. The second-order valence-electron chi connectivity index (χ2n) is 3.16. The molecule has 0 spiro atoms.